The van der Waals surface area contributed by atoms with Crippen LogP contribution in [0.5, 0.6) is 5.75 Å². The van der Waals surface area contributed by atoms with E-state index in [-0.39, 0.29) is 5.04 Å². The van der Waals surface area contributed by atoms with Gasteiger partial charge in [0, 0.05) is 6.54 Å². The Balaban J connectivity index is 1.39. The number of nitrogens with two attached hydrogens (primary N) is 1. The van der Waals surface area contributed by atoms with Crippen LogP contribution in [0.3, 0.4) is 0 Å². The summed E-state index contributed by atoms with van der Waals surface area (Å²) in [5, 5.41) is 0.222. The number of benzene rings is 2. The van der Waals surface area contributed by atoms with Gasteiger partial charge in [-0.1, -0.05) is 69.3 Å². The fourth-order valence-corrected chi connectivity index (χ4v) is 4.21. The van der Waals surface area contributed by atoms with Crippen LogP contribution in [-0.2, 0) is 29.9 Å². The van der Waals surface area contributed by atoms with E-state index in [0.29, 0.717) is 72.6 Å². The molecule has 0 radical (unpaired) electrons. The molecule has 0 amide bonds. The average Bonchev–Trinajstić information content (AvgIpc) is 2.92. The van der Waals surface area contributed by atoms with Gasteiger partial charge in [0.15, 0.2) is 8.32 Å². The van der Waals surface area contributed by atoms with Gasteiger partial charge < -0.3 is 33.8 Å². The minimum Gasteiger partial charge on any atom is -0.491 e. The van der Waals surface area contributed by atoms with E-state index in [4.69, 9.17) is 33.8 Å². The molecule has 0 atom stereocenters. The summed E-state index contributed by atoms with van der Waals surface area (Å²) in [6.07, 6.45) is 4.16. The van der Waals surface area contributed by atoms with Crippen molar-refractivity contribution in [3.8, 4) is 5.75 Å². The molecule has 0 spiro atoms. The molecule has 0 unspecified atom stereocenters. The molecule has 0 saturated heterocycles. The van der Waals surface area contributed by atoms with Crippen molar-refractivity contribution in [1.29, 1.82) is 0 Å². The number of rotatable bonds is 20. The van der Waals surface area contributed by atoms with Gasteiger partial charge in [0.1, 0.15) is 12.4 Å². The van der Waals surface area contributed by atoms with Crippen LogP contribution in [0.4, 0.5) is 0 Å². The van der Waals surface area contributed by atoms with Crippen molar-refractivity contribution in [3.63, 3.8) is 0 Å². The van der Waals surface area contributed by atoms with Gasteiger partial charge in [0.2, 0.25) is 0 Å². The lowest BCUT2D eigenvalue weighted by atomic mass is 10.1. The summed E-state index contributed by atoms with van der Waals surface area (Å²) in [5.74, 6) is 0.823. The zero-order valence-corrected chi connectivity index (χ0v) is 25.6. The predicted molar refractivity (Wildman–Crippen MR) is 162 cm³/mol. The van der Waals surface area contributed by atoms with Crippen molar-refractivity contribution in [2.24, 2.45) is 5.73 Å². The second-order valence-electron chi connectivity index (χ2n) is 10.8. The van der Waals surface area contributed by atoms with Crippen molar-refractivity contribution in [1.82, 2.24) is 0 Å². The summed E-state index contributed by atoms with van der Waals surface area (Å²) in [7, 11) is -1.69. The number of hydrogen-bond donors (Lipinski definition) is 1. The molecule has 218 valence electrons. The van der Waals surface area contributed by atoms with E-state index in [0.717, 1.165) is 22.4 Å². The maximum atomic E-state index is 6.08. The average molecular weight is 560 g/mol. The lowest BCUT2D eigenvalue weighted by Gasteiger charge is -2.36. The SMILES string of the molecule is CC(C)(C)[Si](C)(C)OCCOCCOCCOCCOCCOc1ccc(C=Cc2ccc(CN)cc2)cc1. The highest BCUT2D eigenvalue weighted by Crippen LogP contribution is 2.36. The van der Waals surface area contributed by atoms with E-state index in [1.165, 1.54) is 0 Å². The molecule has 0 heterocycles. The minimum absolute atomic E-state index is 0.222. The molecule has 0 aliphatic rings. The molecule has 0 aliphatic heterocycles. The van der Waals surface area contributed by atoms with Gasteiger partial charge in [-0.15, -0.1) is 0 Å². The molecular formula is C31H49NO6Si. The van der Waals surface area contributed by atoms with E-state index >= 15 is 0 Å². The molecule has 2 aromatic carbocycles. The molecular weight excluding hydrogens is 510 g/mol. The summed E-state index contributed by atoms with van der Waals surface area (Å²) in [5.41, 5.74) is 9.03. The predicted octanol–water partition coefficient (Wildman–Crippen LogP) is 5.78. The Kier molecular flexibility index (Phi) is 15.6. The molecule has 0 bridgehead atoms. The third-order valence-electron chi connectivity index (χ3n) is 6.67. The lowest BCUT2D eigenvalue weighted by Crippen LogP contribution is -2.41. The first kappa shape index (κ1) is 33.2. The van der Waals surface area contributed by atoms with E-state index in [1.807, 2.05) is 36.4 Å². The van der Waals surface area contributed by atoms with Crippen molar-refractivity contribution in [2.75, 3.05) is 66.1 Å². The molecule has 0 saturated carbocycles. The highest BCUT2D eigenvalue weighted by Gasteiger charge is 2.36. The van der Waals surface area contributed by atoms with Crippen LogP contribution < -0.4 is 10.5 Å². The Morgan fingerprint density at radius 1 is 0.615 bits per heavy atom. The van der Waals surface area contributed by atoms with Crippen LogP contribution in [0.1, 0.15) is 37.5 Å². The summed E-state index contributed by atoms with van der Waals surface area (Å²) >= 11 is 0. The van der Waals surface area contributed by atoms with Crippen LogP contribution in [0.2, 0.25) is 18.1 Å². The van der Waals surface area contributed by atoms with Crippen molar-refractivity contribution in [2.45, 2.75) is 45.4 Å². The third kappa shape index (κ3) is 14.2. The summed E-state index contributed by atoms with van der Waals surface area (Å²) in [4.78, 5) is 0. The highest BCUT2D eigenvalue weighted by molar-refractivity contribution is 6.74. The molecule has 0 aliphatic carbocycles. The summed E-state index contributed by atoms with van der Waals surface area (Å²) in [6.45, 7) is 17.3. The van der Waals surface area contributed by atoms with E-state index in [1.54, 1.807) is 0 Å². The normalized spacial score (nSPS) is 12.4. The van der Waals surface area contributed by atoms with Gasteiger partial charge in [-0.25, -0.2) is 0 Å². The van der Waals surface area contributed by atoms with Crippen LogP contribution in [0.25, 0.3) is 12.2 Å². The Hall–Kier alpha value is -2.04. The zero-order chi connectivity index (χ0) is 28.4. The number of hydrogen-bond acceptors (Lipinski definition) is 7. The first-order chi connectivity index (χ1) is 18.7. The molecule has 0 fully saturated rings. The van der Waals surface area contributed by atoms with E-state index in [9.17, 15) is 0 Å². The largest absolute Gasteiger partial charge is 0.491 e. The Labute approximate surface area is 236 Å². The minimum atomic E-state index is -1.69. The second kappa shape index (κ2) is 18.3. The quantitative estimate of drug-likeness (QED) is 0.125. The van der Waals surface area contributed by atoms with Gasteiger partial charge in [-0.2, -0.15) is 0 Å². The Morgan fingerprint density at radius 3 is 1.46 bits per heavy atom. The number of ether oxygens (including phenoxy) is 5. The monoisotopic (exact) mass is 559 g/mol. The second-order valence-corrected chi connectivity index (χ2v) is 15.6. The van der Waals surface area contributed by atoms with Gasteiger partial charge in [-0.05, 0) is 47.0 Å². The lowest BCUT2D eigenvalue weighted by molar-refractivity contribution is -0.00737. The van der Waals surface area contributed by atoms with Crippen LogP contribution in [-0.4, -0.2) is 74.4 Å². The summed E-state index contributed by atoms with van der Waals surface area (Å²) in [6, 6.07) is 16.2. The highest BCUT2D eigenvalue weighted by atomic mass is 28.4. The van der Waals surface area contributed by atoms with E-state index in [2.05, 4.69) is 58.2 Å². The van der Waals surface area contributed by atoms with Crippen LogP contribution in [0.15, 0.2) is 48.5 Å². The fraction of sp³-hybridized carbons (Fsp3) is 0.548. The van der Waals surface area contributed by atoms with Crippen molar-refractivity contribution >= 4 is 20.5 Å². The first-order valence-electron chi connectivity index (χ1n) is 13.9. The molecule has 8 heteroatoms. The van der Waals surface area contributed by atoms with Crippen molar-refractivity contribution in [3.05, 3.63) is 65.2 Å². The fourth-order valence-electron chi connectivity index (χ4n) is 3.18. The van der Waals surface area contributed by atoms with Gasteiger partial charge in [-0.3, -0.25) is 0 Å². The molecule has 39 heavy (non-hydrogen) atoms. The molecule has 2 rings (SSSR count). The summed E-state index contributed by atoms with van der Waals surface area (Å²) < 4.78 is 34.1. The maximum Gasteiger partial charge on any atom is 0.192 e. The Bertz CT molecular complexity index is 926. The maximum absolute atomic E-state index is 6.08. The molecule has 0 aromatic heterocycles. The standard InChI is InChI=1S/C31H49NO6Si/c1-31(2,3)39(4,5)38-25-23-36-21-19-34-17-16-33-18-20-35-22-24-37-30-14-12-28(13-15-30)7-6-27-8-10-29(26-32)11-9-27/h6-15H,16-26,32H2,1-5H3. The smallest absolute Gasteiger partial charge is 0.192 e. The van der Waals surface area contributed by atoms with E-state index < -0.39 is 8.32 Å². The van der Waals surface area contributed by atoms with Crippen molar-refractivity contribution < 1.29 is 28.1 Å². The third-order valence-corrected chi connectivity index (χ3v) is 11.2. The first-order valence-corrected chi connectivity index (χ1v) is 16.8. The van der Waals surface area contributed by atoms with Gasteiger partial charge >= 0.3 is 0 Å². The van der Waals surface area contributed by atoms with Gasteiger partial charge in [0.05, 0.1) is 59.5 Å². The Morgan fingerprint density at radius 2 is 1.03 bits per heavy atom. The van der Waals surface area contributed by atoms with Crippen LogP contribution >= 0.6 is 0 Å². The zero-order valence-electron chi connectivity index (χ0n) is 24.6. The van der Waals surface area contributed by atoms with Crippen LogP contribution in [0, 0.1) is 0 Å². The molecule has 2 N–H and O–H groups in total. The molecule has 2 aromatic rings. The molecule has 7 nitrogen and oxygen atoms in total. The van der Waals surface area contributed by atoms with Gasteiger partial charge in [0.25, 0.3) is 0 Å². The topological polar surface area (TPSA) is 81.4 Å².